The van der Waals surface area contributed by atoms with Gasteiger partial charge in [-0.2, -0.15) is 0 Å². The van der Waals surface area contributed by atoms with Gasteiger partial charge >= 0.3 is 0 Å². The van der Waals surface area contributed by atoms with Crippen LogP contribution in [0.3, 0.4) is 0 Å². The summed E-state index contributed by atoms with van der Waals surface area (Å²) in [6, 6.07) is 4.86. The molecular formula is C13H18FNO. The topological polar surface area (TPSA) is 23.5 Å². The van der Waals surface area contributed by atoms with Crippen LogP contribution >= 0.6 is 0 Å². The van der Waals surface area contributed by atoms with Crippen LogP contribution in [0.15, 0.2) is 30.9 Å². The summed E-state index contributed by atoms with van der Waals surface area (Å²) in [6.45, 7) is 6.95. The van der Waals surface area contributed by atoms with E-state index in [0.717, 1.165) is 18.7 Å². The molecular weight excluding hydrogens is 205 g/mol. The Hall–Kier alpha value is -1.35. The Morgan fingerprint density at radius 2 is 2.25 bits per heavy atom. The second-order valence-corrected chi connectivity index (χ2v) is 3.63. The number of benzene rings is 1. The fourth-order valence-corrected chi connectivity index (χ4v) is 1.74. The van der Waals surface area contributed by atoms with Crippen molar-refractivity contribution in [2.75, 3.05) is 18.0 Å². The van der Waals surface area contributed by atoms with Crippen LogP contribution in [0.4, 0.5) is 10.1 Å². The molecule has 1 aromatic carbocycles. The van der Waals surface area contributed by atoms with Gasteiger partial charge in [-0.1, -0.05) is 19.1 Å². The average molecular weight is 223 g/mol. The molecule has 0 bridgehead atoms. The largest absolute Gasteiger partial charge is 0.391 e. The zero-order valence-corrected chi connectivity index (χ0v) is 9.62. The Kier molecular flexibility index (Phi) is 4.99. The van der Waals surface area contributed by atoms with Gasteiger partial charge in [0.25, 0.3) is 0 Å². The van der Waals surface area contributed by atoms with Gasteiger partial charge in [0.1, 0.15) is 5.82 Å². The van der Waals surface area contributed by atoms with E-state index in [-0.39, 0.29) is 12.4 Å². The normalized spacial score (nSPS) is 10.2. The second kappa shape index (κ2) is 6.28. The highest BCUT2D eigenvalue weighted by molar-refractivity contribution is 5.54. The number of aliphatic hydroxyl groups excluding tert-OH is 1. The van der Waals surface area contributed by atoms with Crippen LogP contribution in [0.2, 0.25) is 0 Å². The van der Waals surface area contributed by atoms with Crippen molar-refractivity contribution in [3.8, 4) is 0 Å². The first-order chi connectivity index (χ1) is 7.74. The number of hydrogen-bond acceptors (Lipinski definition) is 2. The monoisotopic (exact) mass is 223 g/mol. The molecule has 0 aliphatic heterocycles. The molecule has 1 aromatic rings. The first kappa shape index (κ1) is 12.7. The molecule has 0 saturated carbocycles. The first-order valence-corrected chi connectivity index (χ1v) is 5.48. The molecule has 1 rings (SSSR count). The fourth-order valence-electron chi connectivity index (χ4n) is 1.74. The van der Waals surface area contributed by atoms with Crippen molar-refractivity contribution in [2.24, 2.45) is 0 Å². The van der Waals surface area contributed by atoms with Crippen molar-refractivity contribution in [1.82, 2.24) is 0 Å². The van der Waals surface area contributed by atoms with Gasteiger partial charge in [0.2, 0.25) is 0 Å². The van der Waals surface area contributed by atoms with Crippen LogP contribution in [0.25, 0.3) is 0 Å². The van der Waals surface area contributed by atoms with E-state index in [1.165, 1.54) is 6.07 Å². The Balaban J connectivity index is 3.06. The molecule has 16 heavy (non-hydrogen) atoms. The van der Waals surface area contributed by atoms with Crippen molar-refractivity contribution in [3.63, 3.8) is 0 Å². The Morgan fingerprint density at radius 1 is 1.50 bits per heavy atom. The summed E-state index contributed by atoms with van der Waals surface area (Å²) in [4.78, 5) is 2.02. The minimum Gasteiger partial charge on any atom is -0.391 e. The van der Waals surface area contributed by atoms with E-state index < -0.39 is 0 Å². The van der Waals surface area contributed by atoms with Gasteiger partial charge in [-0.15, -0.1) is 6.58 Å². The zero-order valence-electron chi connectivity index (χ0n) is 9.62. The maximum Gasteiger partial charge on any atom is 0.130 e. The SMILES string of the molecule is C=CCN(CCC)c1cccc(F)c1CO. The molecule has 0 amide bonds. The van der Waals surface area contributed by atoms with Gasteiger partial charge in [0.05, 0.1) is 6.61 Å². The van der Waals surface area contributed by atoms with Crippen LogP contribution in [0.1, 0.15) is 18.9 Å². The van der Waals surface area contributed by atoms with Gasteiger partial charge in [-0.05, 0) is 18.6 Å². The standard InChI is InChI=1S/C13H18FNO/c1-3-8-15(9-4-2)13-7-5-6-12(14)11(13)10-16/h3,5-7,16H,1,4,8-10H2,2H3. The van der Waals surface area contributed by atoms with Crippen LogP contribution in [-0.4, -0.2) is 18.2 Å². The van der Waals surface area contributed by atoms with Crippen molar-refractivity contribution in [3.05, 3.63) is 42.2 Å². The highest BCUT2D eigenvalue weighted by atomic mass is 19.1. The highest BCUT2D eigenvalue weighted by Gasteiger charge is 2.12. The molecule has 0 heterocycles. The van der Waals surface area contributed by atoms with Gasteiger partial charge < -0.3 is 10.0 Å². The molecule has 3 heteroatoms. The number of halogens is 1. The molecule has 0 unspecified atom stereocenters. The molecule has 0 atom stereocenters. The lowest BCUT2D eigenvalue weighted by atomic mass is 10.1. The lowest BCUT2D eigenvalue weighted by Crippen LogP contribution is -2.25. The second-order valence-electron chi connectivity index (χ2n) is 3.63. The van der Waals surface area contributed by atoms with Crippen LogP contribution in [0.5, 0.6) is 0 Å². The van der Waals surface area contributed by atoms with Gasteiger partial charge in [0.15, 0.2) is 0 Å². The van der Waals surface area contributed by atoms with Crippen molar-refractivity contribution in [1.29, 1.82) is 0 Å². The lowest BCUT2D eigenvalue weighted by molar-refractivity contribution is 0.276. The predicted octanol–water partition coefficient (Wildman–Crippen LogP) is 2.72. The minimum absolute atomic E-state index is 0.278. The maximum atomic E-state index is 13.5. The first-order valence-electron chi connectivity index (χ1n) is 5.48. The minimum atomic E-state index is -0.356. The number of nitrogens with zero attached hydrogens (tertiary/aromatic N) is 1. The van der Waals surface area contributed by atoms with Gasteiger partial charge in [0, 0.05) is 24.3 Å². The highest BCUT2D eigenvalue weighted by Crippen LogP contribution is 2.23. The molecule has 0 aliphatic carbocycles. The Bertz CT molecular complexity index is 352. The summed E-state index contributed by atoms with van der Waals surface area (Å²) in [5.74, 6) is -0.356. The Morgan fingerprint density at radius 3 is 2.81 bits per heavy atom. The van der Waals surface area contributed by atoms with E-state index in [1.807, 2.05) is 11.0 Å². The van der Waals surface area contributed by atoms with E-state index in [0.29, 0.717) is 12.1 Å². The smallest absolute Gasteiger partial charge is 0.130 e. The number of rotatable bonds is 6. The summed E-state index contributed by atoms with van der Waals surface area (Å²) in [6.07, 6.45) is 2.75. The summed E-state index contributed by atoms with van der Waals surface area (Å²) in [5, 5.41) is 9.19. The molecule has 88 valence electrons. The number of hydrogen-bond donors (Lipinski definition) is 1. The molecule has 0 saturated heterocycles. The lowest BCUT2D eigenvalue weighted by Gasteiger charge is -2.25. The summed E-state index contributed by atoms with van der Waals surface area (Å²) < 4.78 is 13.5. The quantitative estimate of drug-likeness (QED) is 0.749. The third-order valence-electron chi connectivity index (χ3n) is 2.44. The number of aliphatic hydroxyl groups is 1. The summed E-state index contributed by atoms with van der Waals surface area (Å²) >= 11 is 0. The fraction of sp³-hybridized carbons (Fsp3) is 0.385. The van der Waals surface area contributed by atoms with Crippen molar-refractivity contribution >= 4 is 5.69 Å². The predicted molar refractivity (Wildman–Crippen MR) is 65.0 cm³/mol. The van der Waals surface area contributed by atoms with E-state index in [9.17, 15) is 9.50 Å². The molecule has 0 aliphatic rings. The van der Waals surface area contributed by atoms with Crippen molar-refractivity contribution < 1.29 is 9.50 Å². The summed E-state index contributed by atoms with van der Waals surface area (Å²) in [5.41, 5.74) is 1.11. The van der Waals surface area contributed by atoms with Crippen LogP contribution in [0, 0.1) is 5.82 Å². The molecule has 0 spiro atoms. The van der Waals surface area contributed by atoms with Gasteiger partial charge in [-0.3, -0.25) is 0 Å². The van der Waals surface area contributed by atoms with E-state index in [4.69, 9.17) is 0 Å². The molecule has 0 radical (unpaired) electrons. The van der Waals surface area contributed by atoms with Gasteiger partial charge in [-0.25, -0.2) is 4.39 Å². The van der Waals surface area contributed by atoms with Crippen LogP contribution in [-0.2, 0) is 6.61 Å². The van der Waals surface area contributed by atoms with E-state index in [2.05, 4.69) is 13.5 Å². The van der Waals surface area contributed by atoms with Crippen LogP contribution < -0.4 is 4.90 Å². The molecule has 2 nitrogen and oxygen atoms in total. The number of anilines is 1. The molecule has 0 fully saturated rings. The van der Waals surface area contributed by atoms with E-state index in [1.54, 1.807) is 12.1 Å². The molecule has 1 N–H and O–H groups in total. The van der Waals surface area contributed by atoms with E-state index >= 15 is 0 Å². The Labute approximate surface area is 96.0 Å². The molecule has 0 aromatic heterocycles. The maximum absolute atomic E-state index is 13.5. The third-order valence-corrected chi connectivity index (χ3v) is 2.44. The summed E-state index contributed by atoms with van der Waals surface area (Å²) in [7, 11) is 0. The average Bonchev–Trinajstić information content (AvgIpc) is 2.28. The van der Waals surface area contributed by atoms with Crippen molar-refractivity contribution in [2.45, 2.75) is 20.0 Å². The zero-order chi connectivity index (χ0) is 12.0. The third kappa shape index (κ3) is 2.83.